The van der Waals surface area contributed by atoms with Crippen LogP contribution >= 0.6 is 11.6 Å². The van der Waals surface area contributed by atoms with Gasteiger partial charge in [-0.2, -0.15) is 0 Å². The molecule has 0 saturated heterocycles. The van der Waals surface area contributed by atoms with Crippen molar-refractivity contribution in [3.8, 4) is 5.75 Å². The van der Waals surface area contributed by atoms with E-state index in [2.05, 4.69) is 0 Å². The van der Waals surface area contributed by atoms with Crippen molar-refractivity contribution in [3.63, 3.8) is 0 Å². The number of nitrogens with two attached hydrogens (primary N) is 1. The summed E-state index contributed by atoms with van der Waals surface area (Å²) in [6.07, 6.45) is -2.27. The molecule has 1 rings (SSSR count). The van der Waals surface area contributed by atoms with Gasteiger partial charge in [-0.05, 0) is 19.1 Å². The Morgan fingerprint density at radius 3 is 2.60 bits per heavy atom. The van der Waals surface area contributed by atoms with Gasteiger partial charge in [0, 0.05) is 0 Å². The summed E-state index contributed by atoms with van der Waals surface area (Å²) < 4.78 is 31.1. The normalized spacial score (nSPS) is 14.8. The van der Waals surface area contributed by atoms with Crippen molar-refractivity contribution in [2.45, 2.75) is 19.3 Å². The lowest BCUT2D eigenvalue weighted by Gasteiger charge is -2.17. The third-order valence-corrected chi connectivity index (χ3v) is 2.02. The predicted molar refractivity (Wildman–Crippen MR) is 51.7 cm³/mol. The predicted octanol–water partition coefficient (Wildman–Crippen LogP) is 1.66. The molecule has 84 valence electrons. The molecule has 2 unspecified atom stereocenters. The monoisotopic (exact) mass is 237 g/mol. The first-order valence-corrected chi connectivity index (χ1v) is 4.55. The first-order valence-electron chi connectivity index (χ1n) is 4.17. The summed E-state index contributed by atoms with van der Waals surface area (Å²) in [5.41, 5.74) is 5.29. The third-order valence-electron chi connectivity index (χ3n) is 1.73. The van der Waals surface area contributed by atoms with E-state index in [1.807, 2.05) is 0 Å². The Kier molecular flexibility index (Phi) is 3.84. The molecule has 3 nitrogen and oxygen atoms in total. The Morgan fingerprint density at radius 2 is 2.07 bits per heavy atom. The molecular formula is C9H10ClF2NO2. The zero-order valence-electron chi connectivity index (χ0n) is 7.88. The number of hydrogen-bond acceptors (Lipinski definition) is 3. The zero-order chi connectivity index (χ0) is 11.6. The van der Waals surface area contributed by atoms with Crippen LogP contribution in [0.3, 0.4) is 0 Å². The second-order valence-electron chi connectivity index (χ2n) is 3.00. The summed E-state index contributed by atoms with van der Waals surface area (Å²) in [7, 11) is 0. The van der Waals surface area contributed by atoms with Gasteiger partial charge in [0.15, 0.2) is 23.6 Å². The molecule has 1 aromatic rings. The van der Waals surface area contributed by atoms with E-state index in [1.54, 1.807) is 0 Å². The van der Waals surface area contributed by atoms with Crippen LogP contribution in [0.1, 0.15) is 6.92 Å². The lowest BCUT2D eigenvalue weighted by atomic mass is 10.3. The number of benzene rings is 1. The highest BCUT2D eigenvalue weighted by atomic mass is 35.5. The second kappa shape index (κ2) is 4.74. The summed E-state index contributed by atoms with van der Waals surface area (Å²) in [6.45, 7) is 1.34. The van der Waals surface area contributed by atoms with Crippen LogP contribution in [0.2, 0.25) is 5.02 Å². The van der Waals surface area contributed by atoms with Crippen LogP contribution in [0.5, 0.6) is 5.75 Å². The van der Waals surface area contributed by atoms with E-state index in [0.29, 0.717) is 0 Å². The average Bonchev–Trinajstić information content (AvgIpc) is 2.18. The summed E-state index contributed by atoms with van der Waals surface area (Å²) in [5.74, 6) is -2.64. The maximum absolute atomic E-state index is 13.3. The van der Waals surface area contributed by atoms with Gasteiger partial charge >= 0.3 is 0 Å². The van der Waals surface area contributed by atoms with Crippen LogP contribution in [-0.2, 0) is 0 Å². The average molecular weight is 238 g/mol. The minimum absolute atomic E-state index is 0.274. The molecule has 0 amide bonds. The number of rotatable bonds is 3. The van der Waals surface area contributed by atoms with Crippen LogP contribution in [0.4, 0.5) is 8.78 Å². The van der Waals surface area contributed by atoms with Crippen molar-refractivity contribution in [1.29, 1.82) is 0 Å². The SMILES string of the molecule is CC(O)C(N)Oc1c(F)ccc(Cl)c1F. The van der Waals surface area contributed by atoms with Crippen molar-refractivity contribution >= 4 is 11.6 Å². The van der Waals surface area contributed by atoms with E-state index in [4.69, 9.17) is 27.2 Å². The van der Waals surface area contributed by atoms with E-state index in [0.717, 1.165) is 12.1 Å². The van der Waals surface area contributed by atoms with Gasteiger partial charge in [0.2, 0.25) is 0 Å². The van der Waals surface area contributed by atoms with Crippen molar-refractivity contribution < 1.29 is 18.6 Å². The summed E-state index contributed by atoms with van der Waals surface area (Å²) in [5, 5.41) is 8.73. The molecule has 0 aromatic heterocycles. The molecule has 0 aliphatic heterocycles. The van der Waals surface area contributed by atoms with E-state index in [9.17, 15) is 8.78 Å². The van der Waals surface area contributed by atoms with Gasteiger partial charge in [-0.15, -0.1) is 0 Å². The molecule has 0 fully saturated rings. The van der Waals surface area contributed by atoms with Crippen LogP contribution in [-0.4, -0.2) is 17.4 Å². The van der Waals surface area contributed by atoms with Crippen molar-refractivity contribution in [2.24, 2.45) is 5.73 Å². The highest BCUT2D eigenvalue weighted by Crippen LogP contribution is 2.28. The topological polar surface area (TPSA) is 55.5 Å². The molecule has 0 radical (unpaired) electrons. The molecular weight excluding hydrogens is 228 g/mol. The molecule has 3 N–H and O–H groups in total. The largest absolute Gasteiger partial charge is 0.467 e. The lowest BCUT2D eigenvalue weighted by molar-refractivity contribution is 0.0476. The van der Waals surface area contributed by atoms with Crippen LogP contribution < -0.4 is 10.5 Å². The fourth-order valence-electron chi connectivity index (χ4n) is 0.851. The Hall–Kier alpha value is -0.910. The van der Waals surface area contributed by atoms with Crippen molar-refractivity contribution in [2.75, 3.05) is 0 Å². The fourth-order valence-corrected chi connectivity index (χ4v) is 1.000. The van der Waals surface area contributed by atoms with Gasteiger partial charge in [-0.3, -0.25) is 5.73 Å². The first-order chi connectivity index (χ1) is 6.93. The third kappa shape index (κ3) is 2.77. The van der Waals surface area contributed by atoms with Crippen LogP contribution in [0, 0.1) is 11.6 Å². The van der Waals surface area contributed by atoms with Crippen LogP contribution in [0.25, 0.3) is 0 Å². The minimum Gasteiger partial charge on any atom is -0.467 e. The van der Waals surface area contributed by atoms with Crippen molar-refractivity contribution in [3.05, 3.63) is 28.8 Å². The molecule has 15 heavy (non-hydrogen) atoms. The quantitative estimate of drug-likeness (QED) is 0.621. The summed E-state index contributed by atoms with van der Waals surface area (Å²) in [6, 6.07) is 2.02. The van der Waals surface area contributed by atoms with Crippen LogP contribution in [0.15, 0.2) is 12.1 Å². The number of ether oxygens (including phenoxy) is 1. The van der Waals surface area contributed by atoms with Gasteiger partial charge in [-0.25, -0.2) is 8.78 Å². The Bertz CT molecular complexity index is 360. The number of aliphatic hydroxyl groups excluding tert-OH is 1. The van der Waals surface area contributed by atoms with Gasteiger partial charge in [0.05, 0.1) is 5.02 Å². The highest BCUT2D eigenvalue weighted by Gasteiger charge is 2.19. The number of hydrogen-bond donors (Lipinski definition) is 2. The van der Waals surface area contributed by atoms with Crippen molar-refractivity contribution in [1.82, 2.24) is 0 Å². The lowest BCUT2D eigenvalue weighted by Crippen LogP contribution is -2.38. The van der Waals surface area contributed by atoms with E-state index in [1.165, 1.54) is 6.92 Å². The summed E-state index contributed by atoms with van der Waals surface area (Å²) >= 11 is 5.42. The molecule has 0 bridgehead atoms. The molecule has 0 saturated carbocycles. The second-order valence-corrected chi connectivity index (χ2v) is 3.40. The van der Waals surface area contributed by atoms with Gasteiger partial charge < -0.3 is 9.84 Å². The molecule has 2 atom stereocenters. The maximum atomic E-state index is 13.3. The Morgan fingerprint density at radius 1 is 1.47 bits per heavy atom. The van der Waals surface area contributed by atoms with Gasteiger partial charge in [0.1, 0.15) is 6.10 Å². The van der Waals surface area contributed by atoms with E-state index >= 15 is 0 Å². The smallest absolute Gasteiger partial charge is 0.194 e. The summed E-state index contributed by atoms with van der Waals surface area (Å²) in [4.78, 5) is 0. The minimum atomic E-state index is -1.22. The fraction of sp³-hybridized carbons (Fsp3) is 0.333. The zero-order valence-corrected chi connectivity index (χ0v) is 8.63. The van der Waals surface area contributed by atoms with Gasteiger partial charge in [0.25, 0.3) is 0 Å². The van der Waals surface area contributed by atoms with E-state index in [-0.39, 0.29) is 5.02 Å². The molecule has 0 heterocycles. The molecule has 1 aromatic carbocycles. The van der Waals surface area contributed by atoms with E-state index < -0.39 is 29.7 Å². The molecule has 0 aliphatic carbocycles. The number of aliphatic hydroxyl groups is 1. The Balaban J connectivity index is 2.98. The molecule has 6 heteroatoms. The first kappa shape index (κ1) is 12.2. The molecule has 0 spiro atoms. The maximum Gasteiger partial charge on any atom is 0.194 e. The Labute approximate surface area is 90.4 Å². The van der Waals surface area contributed by atoms with Gasteiger partial charge in [-0.1, -0.05) is 11.6 Å². The number of halogens is 3. The highest BCUT2D eigenvalue weighted by molar-refractivity contribution is 6.30. The molecule has 0 aliphatic rings. The standard InChI is InChI=1S/C9H10ClF2NO2/c1-4(14)9(13)15-8-6(11)3-2-5(10)7(8)12/h2-4,9,14H,13H2,1H3.